The minimum Gasteiger partial charge on any atom is -0.477 e. The van der Waals surface area contributed by atoms with Crippen LogP contribution in [0.15, 0.2) is 39.8 Å². The van der Waals surface area contributed by atoms with Crippen molar-refractivity contribution in [3.05, 3.63) is 46.4 Å². The predicted molar refractivity (Wildman–Crippen MR) is 72.7 cm³/mol. The van der Waals surface area contributed by atoms with Gasteiger partial charge in [0.2, 0.25) is 0 Å². The number of hydrogen-bond donors (Lipinski definition) is 3. The third-order valence-corrected chi connectivity index (χ3v) is 4.39. The van der Waals surface area contributed by atoms with Crippen molar-refractivity contribution in [1.29, 1.82) is 0 Å². The fraction of sp³-hybridized carbons (Fsp3) is 0. The average Bonchev–Trinajstić information content (AvgIpc) is 2.84. The Morgan fingerprint density at radius 2 is 2.10 bits per heavy atom. The predicted octanol–water partition coefficient (Wildman–Crippen LogP) is 2.42. The van der Waals surface area contributed by atoms with Crippen LogP contribution in [0.3, 0.4) is 0 Å². The summed E-state index contributed by atoms with van der Waals surface area (Å²) < 4.78 is 39.9. The Morgan fingerprint density at radius 3 is 2.65 bits per heavy atom. The van der Waals surface area contributed by atoms with Crippen molar-refractivity contribution in [2.24, 2.45) is 0 Å². The number of carboxylic acids is 1. The SMILES string of the molecule is O=C(O)c1cc(S(=O)(=O)Nc2c(F)cccc2Br)c[nH]1. The highest BCUT2D eigenvalue weighted by atomic mass is 79.9. The normalized spacial score (nSPS) is 11.3. The molecule has 6 nitrogen and oxygen atoms in total. The number of aromatic nitrogens is 1. The van der Waals surface area contributed by atoms with Gasteiger partial charge in [0.15, 0.2) is 0 Å². The summed E-state index contributed by atoms with van der Waals surface area (Å²) in [7, 11) is -4.09. The summed E-state index contributed by atoms with van der Waals surface area (Å²) in [6.07, 6.45) is 1.01. The van der Waals surface area contributed by atoms with Gasteiger partial charge < -0.3 is 10.1 Å². The number of aromatic amines is 1. The fourth-order valence-electron chi connectivity index (χ4n) is 1.44. The highest BCUT2D eigenvalue weighted by Gasteiger charge is 2.20. The molecule has 0 fully saturated rings. The van der Waals surface area contributed by atoms with Gasteiger partial charge in [-0.05, 0) is 34.1 Å². The molecule has 0 bridgehead atoms. The molecule has 0 aliphatic rings. The van der Waals surface area contributed by atoms with E-state index in [9.17, 15) is 17.6 Å². The van der Waals surface area contributed by atoms with Gasteiger partial charge in [0.25, 0.3) is 10.0 Å². The molecule has 2 aromatic rings. The zero-order valence-corrected chi connectivity index (χ0v) is 12.1. The number of carboxylic acid groups (broad SMARTS) is 1. The second-order valence-corrected chi connectivity index (χ2v) is 6.29. The largest absolute Gasteiger partial charge is 0.477 e. The van der Waals surface area contributed by atoms with Crippen molar-refractivity contribution in [2.45, 2.75) is 4.90 Å². The van der Waals surface area contributed by atoms with Gasteiger partial charge in [-0.3, -0.25) is 4.72 Å². The first-order chi connectivity index (χ1) is 9.31. The van der Waals surface area contributed by atoms with Crippen molar-refractivity contribution < 1.29 is 22.7 Å². The molecule has 20 heavy (non-hydrogen) atoms. The highest BCUT2D eigenvalue weighted by Crippen LogP contribution is 2.27. The van der Waals surface area contributed by atoms with Crippen LogP contribution in [0.25, 0.3) is 0 Å². The quantitative estimate of drug-likeness (QED) is 0.777. The first kappa shape index (κ1) is 14.5. The lowest BCUT2D eigenvalue weighted by molar-refractivity contribution is 0.0691. The van der Waals surface area contributed by atoms with E-state index < -0.39 is 21.8 Å². The minimum atomic E-state index is -4.09. The first-order valence-electron chi connectivity index (χ1n) is 5.20. The zero-order valence-electron chi connectivity index (χ0n) is 9.72. The molecule has 0 radical (unpaired) electrons. The number of anilines is 1. The first-order valence-corrected chi connectivity index (χ1v) is 7.47. The van der Waals surface area contributed by atoms with Gasteiger partial charge in [-0.15, -0.1) is 0 Å². The lowest BCUT2D eigenvalue weighted by atomic mass is 10.3. The minimum absolute atomic E-state index is 0.232. The van der Waals surface area contributed by atoms with Crippen molar-refractivity contribution in [3.8, 4) is 0 Å². The van der Waals surface area contributed by atoms with E-state index in [1.54, 1.807) is 0 Å². The van der Waals surface area contributed by atoms with Gasteiger partial charge in [-0.1, -0.05) is 6.07 Å². The molecule has 0 aliphatic carbocycles. The molecule has 3 N–H and O–H groups in total. The zero-order chi connectivity index (χ0) is 14.9. The van der Waals surface area contributed by atoms with E-state index in [-0.39, 0.29) is 20.7 Å². The van der Waals surface area contributed by atoms with E-state index in [0.29, 0.717) is 0 Å². The molecule has 0 saturated heterocycles. The van der Waals surface area contributed by atoms with E-state index in [0.717, 1.165) is 18.3 Å². The van der Waals surface area contributed by atoms with Crippen molar-refractivity contribution in [2.75, 3.05) is 4.72 Å². The monoisotopic (exact) mass is 362 g/mol. The van der Waals surface area contributed by atoms with Gasteiger partial charge in [0.1, 0.15) is 16.4 Å². The molecule has 0 unspecified atom stereocenters. The van der Waals surface area contributed by atoms with Crippen LogP contribution >= 0.6 is 15.9 Å². The Bertz CT molecular complexity index is 752. The number of para-hydroxylation sites is 1. The fourth-order valence-corrected chi connectivity index (χ4v) is 3.10. The number of H-pyrrole nitrogens is 1. The van der Waals surface area contributed by atoms with Gasteiger partial charge in [-0.25, -0.2) is 17.6 Å². The number of carbonyl (C=O) groups is 1. The summed E-state index contributed by atoms with van der Waals surface area (Å²) in [6, 6.07) is 4.93. The topological polar surface area (TPSA) is 99.3 Å². The smallest absolute Gasteiger partial charge is 0.352 e. The summed E-state index contributed by atoms with van der Waals surface area (Å²) >= 11 is 3.03. The molecule has 0 aliphatic heterocycles. The standard InChI is InChI=1S/C11H8BrFN2O4S/c12-7-2-1-3-8(13)10(7)15-20(18,19)6-4-9(11(16)17)14-5-6/h1-5,14-15H,(H,16,17). The number of benzene rings is 1. The van der Waals surface area contributed by atoms with Gasteiger partial charge in [0, 0.05) is 10.7 Å². The third kappa shape index (κ3) is 2.83. The van der Waals surface area contributed by atoms with Crippen LogP contribution < -0.4 is 4.72 Å². The van der Waals surface area contributed by atoms with Crippen LogP contribution in [0, 0.1) is 5.82 Å². The summed E-state index contributed by atoms with van der Waals surface area (Å²) in [5.74, 6) is -2.05. The van der Waals surface area contributed by atoms with Crippen LogP contribution in [0.5, 0.6) is 0 Å². The van der Waals surface area contributed by atoms with Gasteiger partial charge >= 0.3 is 5.97 Å². The average molecular weight is 363 g/mol. The maximum absolute atomic E-state index is 13.6. The summed E-state index contributed by atoms with van der Waals surface area (Å²) in [6.45, 7) is 0. The van der Waals surface area contributed by atoms with Crippen LogP contribution in [0.2, 0.25) is 0 Å². The summed E-state index contributed by atoms with van der Waals surface area (Å²) in [4.78, 5) is 12.7. The number of sulfonamides is 1. The van der Waals surface area contributed by atoms with Gasteiger partial charge in [0.05, 0.1) is 5.69 Å². The summed E-state index contributed by atoms with van der Waals surface area (Å²) in [5.41, 5.74) is -0.524. The molecule has 9 heteroatoms. The second-order valence-electron chi connectivity index (χ2n) is 3.76. The second kappa shape index (κ2) is 5.25. The van der Waals surface area contributed by atoms with E-state index in [1.165, 1.54) is 12.1 Å². The van der Waals surface area contributed by atoms with E-state index in [4.69, 9.17) is 5.11 Å². The molecule has 0 saturated carbocycles. The Kier molecular flexibility index (Phi) is 3.82. The maximum Gasteiger partial charge on any atom is 0.352 e. The number of rotatable bonds is 4. The Hall–Kier alpha value is -1.87. The molecule has 1 heterocycles. The Labute approximate surface area is 121 Å². The van der Waals surface area contributed by atoms with E-state index >= 15 is 0 Å². The molecule has 0 atom stereocenters. The molecule has 106 valence electrons. The molecule has 0 amide bonds. The number of halogens is 2. The molecule has 1 aromatic heterocycles. The Balaban J connectivity index is 2.38. The molecule has 0 spiro atoms. The third-order valence-electron chi connectivity index (χ3n) is 2.40. The van der Waals surface area contributed by atoms with Crippen molar-refractivity contribution in [1.82, 2.24) is 4.98 Å². The number of hydrogen-bond acceptors (Lipinski definition) is 3. The maximum atomic E-state index is 13.6. The highest BCUT2D eigenvalue weighted by molar-refractivity contribution is 9.10. The van der Waals surface area contributed by atoms with Crippen LogP contribution in [0.4, 0.5) is 10.1 Å². The Morgan fingerprint density at radius 1 is 1.40 bits per heavy atom. The van der Waals surface area contributed by atoms with E-state index in [2.05, 4.69) is 25.6 Å². The van der Waals surface area contributed by atoms with Crippen molar-refractivity contribution >= 4 is 37.6 Å². The van der Waals surface area contributed by atoms with E-state index in [1.807, 2.05) is 0 Å². The number of aromatic carboxylic acids is 1. The van der Waals surface area contributed by atoms with Crippen LogP contribution in [0.1, 0.15) is 10.5 Å². The van der Waals surface area contributed by atoms with Crippen molar-refractivity contribution in [3.63, 3.8) is 0 Å². The number of nitrogens with one attached hydrogen (secondary N) is 2. The lowest BCUT2D eigenvalue weighted by Gasteiger charge is -2.09. The summed E-state index contributed by atoms with van der Waals surface area (Å²) in [5, 5.41) is 8.73. The molecule has 1 aromatic carbocycles. The molecular weight excluding hydrogens is 355 g/mol. The van der Waals surface area contributed by atoms with Gasteiger partial charge in [-0.2, -0.15) is 0 Å². The van der Waals surface area contributed by atoms with Crippen LogP contribution in [-0.4, -0.2) is 24.5 Å². The molecule has 2 rings (SSSR count). The van der Waals surface area contributed by atoms with Crippen LogP contribution in [-0.2, 0) is 10.0 Å². The lowest BCUT2D eigenvalue weighted by Crippen LogP contribution is -2.13. The molecular formula is C11H8BrFN2O4S.